The Balaban J connectivity index is 4.17. The Morgan fingerprint density at radius 2 is 1.88 bits per heavy atom. The molecule has 0 bridgehead atoms. The number of carbonyl (C=O) groups excluding carboxylic acids is 2. The van der Waals surface area contributed by atoms with Crippen molar-refractivity contribution in [2.45, 2.75) is 45.8 Å². The van der Waals surface area contributed by atoms with E-state index in [-0.39, 0.29) is 18.2 Å². The fraction of sp³-hybridized carbons (Fsp3) is 0.727. The highest BCUT2D eigenvalue weighted by molar-refractivity contribution is 6.35. The van der Waals surface area contributed by atoms with Crippen LogP contribution in [0.25, 0.3) is 0 Å². The molecule has 0 rings (SSSR count). The van der Waals surface area contributed by atoms with Gasteiger partial charge in [0.05, 0.1) is 7.11 Å². The van der Waals surface area contributed by atoms with Crippen LogP contribution in [0.15, 0.2) is 0 Å². The summed E-state index contributed by atoms with van der Waals surface area (Å²) in [7, 11) is 1.25. The first-order valence-electron chi connectivity index (χ1n) is 5.31. The average Bonchev–Trinajstić information content (AvgIpc) is 2.14. The van der Waals surface area contributed by atoms with Crippen LogP contribution >= 0.6 is 0 Å². The first-order valence-corrected chi connectivity index (χ1v) is 5.31. The van der Waals surface area contributed by atoms with E-state index in [0.29, 0.717) is 0 Å². The zero-order valence-corrected chi connectivity index (χ0v) is 10.9. The maximum Gasteiger partial charge on any atom is 0.407 e. The number of hydrogen-bond donors (Lipinski definition) is 2. The van der Waals surface area contributed by atoms with Crippen LogP contribution in [0.2, 0.25) is 0 Å². The van der Waals surface area contributed by atoms with Crippen molar-refractivity contribution in [3.05, 3.63) is 0 Å². The lowest BCUT2D eigenvalue weighted by Crippen LogP contribution is -2.37. The number of methoxy groups -OCH3 is 1. The van der Waals surface area contributed by atoms with E-state index in [2.05, 4.69) is 10.1 Å². The molecule has 6 nitrogen and oxygen atoms in total. The van der Waals surface area contributed by atoms with Crippen molar-refractivity contribution in [3.8, 4) is 0 Å². The largest absolute Gasteiger partial charge is 0.456 e. The van der Waals surface area contributed by atoms with Gasteiger partial charge in [-0.05, 0) is 27.7 Å². The summed E-state index contributed by atoms with van der Waals surface area (Å²) < 4.78 is 9.43. The SMILES string of the molecule is COC(=O)N[C@H](C)CC(=N)C(=O)OC(C)(C)C. The predicted octanol–water partition coefficient (Wildman–Crippen LogP) is 1.48. The first-order chi connectivity index (χ1) is 7.65. The highest BCUT2D eigenvalue weighted by atomic mass is 16.6. The fourth-order valence-corrected chi connectivity index (χ4v) is 1.04. The van der Waals surface area contributed by atoms with Gasteiger partial charge >= 0.3 is 12.1 Å². The van der Waals surface area contributed by atoms with Gasteiger partial charge in [0.1, 0.15) is 11.3 Å². The molecule has 0 heterocycles. The summed E-state index contributed by atoms with van der Waals surface area (Å²) in [5.41, 5.74) is -0.800. The molecule has 98 valence electrons. The molecule has 0 aromatic rings. The molecule has 0 aliphatic heterocycles. The summed E-state index contributed by atoms with van der Waals surface area (Å²) >= 11 is 0. The van der Waals surface area contributed by atoms with Gasteiger partial charge in [-0.3, -0.25) is 5.41 Å². The molecule has 1 amide bonds. The van der Waals surface area contributed by atoms with Gasteiger partial charge in [0.2, 0.25) is 0 Å². The zero-order chi connectivity index (χ0) is 13.6. The minimum Gasteiger partial charge on any atom is -0.456 e. The summed E-state index contributed by atoms with van der Waals surface area (Å²) in [4.78, 5) is 22.3. The third kappa shape index (κ3) is 7.32. The third-order valence-corrected chi connectivity index (χ3v) is 1.71. The zero-order valence-electron chi connectivity index (χ0n) is 10.9. The van der Waals surface area contributed by atoms with Crippen LogP contribution in [0.4, 0.5) is 4.79 Å². The van der Waals surface area contributed by atoms with Crippen molar-refractivity contribution < 1.29 is 19.1 Å². The molecule has 0 saturated carbocycles. The molecule has 17 heavy (non-hydrogen) atoms. The molecule has 0 aromatic carbocycles. The van der Waals surface area contributed by atoms with Crippen molar-refractivity contribution in [1.82, 2.24) is 5.32 Å². The maximum absolute atomic E-state index is 11.5. The second-order valence-corrected chi connectivity index (χ2v) is 4.72. The van der Waals surface area contributed by atoms with Gasteiger partial charge in [-0.25, -0.2) is 9.59 Å². The standard InChI is InChI=1S/C11H20N2O4/c1-7(13-10(15)16-5)6-8(12)9(14)17-11(2,3)4/h7,12H,6H2,1-5H3,(H,13,15)/t7-/m1/s1. The molecule has 0 spiro atoms. The second kappa shape index (κ2) is 6.22. The van der Waals surface area contributed by atoms with Crippen LogP contribution in [0.1, 0.15) is 34.1 Å². The van der Waals surface area contributed by atoms with Crippen molar-refractivity contribution in [2.24, 2.45) is 0 Å². The number of hydrogen-bond acceptors (Lipinski definition) is 5. The molecule has 0 aliphatic rings. The Morgan fingerprint density at radius 3 is 2.29 bits per heavy atom. The summed E-state index contributed by atoms with van der Waals surface area (Å²) in [6.45, 7) is 6.87. The quantitative estimate of drug-likeness (QED) is 0.579. The molecule has 6 heteroatoms. The minimum atomic E-state index is -0.670. The van der Waals surface area contributed by atoms with Crippen LogP contribution in [0.5, 0.6) is 0 Å². The van der Waals surface area contributed by atoms with Crippen LogP contribution in [-0.4, -0.2) is 36.5 Å². The van der Waals surface area contributed by atoms with E-state index >= 15 is 0 Å². The fourth-order valence-electron chi connectivity index (χ4n) is 1.04. The Morgan fingerprint density at radius 1 is 1.35 bits per heavy atom. The maximum atomic E-state index is 11.5. The summed E-state index contributed by atoms with van der Waals surface area (Å²) in [6, 6.07) is -0.359. The van der Waals surface area contributed by atoms with E-state index < -0.39 is 17.7 Å². The van der Waals surface area contributed by atoms with Crippen molar-refractivity contribution in [1.29, 1.82) is 5.41 Å². The predicted molar refractivity (Wildman–Crippen MR) is 63.2 cm³/mol. The van der Waals surface area contributed by atoms with Gasteiger partial charge in [-0.15, -0.1) is 0 Å². The molecule has 0 saturated heterocycles. The Bertz CT molecular complexity index is 307. The van der Waals surface area contributed by atoms with E-state index in [1.807, 2.05) is 0 Å². The molecule has 0 radical (unpaired) electrons. The van der Waals surface area contributed by atoms with E-state index in [4.69, 9.17) is 10.1 Å². The summed E-state index contributed by atoms with van der Waals surface area (Å²) in [5.74, 6) is -0.670. The molecule has 1 atom stereocenters. The van der Waals surface area contributed by atoms with Crippen molar-refractivity contribution >= 4 is 17.8 Å². The van der Waals surface area contributed by atoms with Gasteiger partial charge < -0.3 is 14.8 Å². The van der Waals surface area contributed by atoms with E-state index in [1.54, 1.807) is 27.7 Å². The van der Waals surface area contributed by atoms with Crippen LogP contribution < -0.4 is 5.32 Å². The van der Waals surface area contributed by atoms with Gasteiger partial charge in [0.15, 0.2) is 0 Å². The molecule has 0 aromatic heterocycles. The molecule has 0 fully saturated rings. The molecule has 0 aliphatic carbocycles. The topological polar surface area (TPSA) is 88.5 Å². The normalized spacial score (nSPS) is 12.5. The number of rotatable bonds is 4. The molecular weight excluding hydrogens is 224 g/mol. The van der Waals surface area contributed by atoms with Crippen LogP contribution in [-0.2, 0) is 14.3 Å². The van der Waals surface area contributed by atoms with E-state index in [0.717, 1.165) is 0 Å². The number of esters is 1. The van der Waals surface area contributed by atoms with Crippen molar-refractivity contribution in [2.75, 3.05) is 7.11 Å². The number of nitrogens with one attached hydrogen (secondary N) is 2. The lowest BCUT2D eigenvalue weighted by atomic mass is 10.1. The Hall–Kier alpha value is -1.59. The average molecular weight is 244 g/mol. The van der Waals surface area contributed by atoms with Crippen LogP contribution in [0, 0.1) is 5.41 Å². The van der Waals surface area contributed by atoms with E-state index in [9.17, 15) is 9.59 Å². The molecular formula is C11H20N2O4. The van der Waals surface area contributed by atoms with Crippen LogP contribution in [0.3, 0.4) is 0 Å². The van der Waals surface area contributed by atoms with Crippen molar-refractivity contribution in [3.63, 3.8) is 0 Å². The Labute approximate surface area is 101 Å². The highest BCUT2D eigenvalue weighted by Gasteiger charge is 2.21. The van der Waals surface area contributed by atoms with Gasteiger partial charge in [0, 0.05) is 12.5 Å². The van der Waals surface area contributed by atoms with Gasteiger partial charge in [0.25, 0.3) is 0 Å². The summed E-state index contributed by atoms with van der Waals surface area (Å²) in [5, 5.41) is 10.0. The second-order valence-electron chi connectivity index (χ2n) is 4.72. The Kier molecular flexibility index (Phi) is 5.64. The third-order valence-electron chi connectivity index (χ3n) is 1.71. The molecule has 0 unspecified atom stereocenters. The smallest absolute Gasteiger partial charge is 0.407 e. The number of carbonyl (C=O) groups is 2. The first kappa shape index (κ1) is 15.4. The van der Waals surface area contributed by atoms with Gasteiger partial charge in [-0.1, -0.05) is 0 Å². The highest BCUT2D eigenvalue weighted by Crippen LogP contribution is 2.08. The summed E-state index contributed by atoms with van der Waals surface area (Å²) in [6.07, 6.45) is -0.487. The lowest BCUT2D eigenvalue weighted by Gasteiger charge is -2.20. The number of amides is 1. The lowest BCUT2D eigenvalue weighted by molar-refractivity contribution is -0.146. The number of ether oxygens (including phenoxy) is 2. The minimum absolute atomic E-state index is 0.101. The molecule has 2 N–H and O–H groups in total. The van der Waals surface area contributed by atoms with E-state index in [1.165, 1.54) is 7.11 Å². The number of alkyl carbamates (subject to hydrolysis) is 1. The van der Waals surface area contributed by atoms with Gasteiger partial charge in [-0.2, -0.15) is 0 Å². The monoisotopic (exact) mass is 244 g/mol.